The van der Waals surface area contributed by atoms with Crippen molar-refractivity contribution in [2.45, 2.75) is 38.1 Å². The lowest BCUT2D eigenvalue weighted by atomic mass is 9.61. The predicted octanol–water partition coefficient (Wildman–Crippen LogP) is 3.39. The molecule has 2 unspecified atom stereocenters. The molecule has 2 fully saturated rings. The molecule has 124 valence electrons. The predicted molar refractivity (Wildman–Crippen MR) is 95.6 cm³/mol. The van der Waals surface area contributed by atoms with E-state index in [0.29, 0.717) is 12.0 Å². The Morgan fingerprint density at radius 3 is 2.96 bits per heavy atom. The fourth-order valence-corrected chi connectivity index (χ4v) is 6.37. The first-order valence-electron chi connectivity index (χ1n) is 9.27. The van der Waals surface area contributed by atoms with Gasteiger partial charge in [-0.2, -0.15) is 0 Å². The van der Waals surface area contributed by atoms with Crippen LogP contribution in [0.3, 0.4) is 0 Å². The molecule has 4 aliphatic rings. The molecule has 3 nitrogen and oxygen atoms in total. The number of carbonyl (C=O) groups excluding carboxylic acids is 1. The largest absolute Gasteiger partial charge is 0.357 e. The molecule has 2 bridgehead atoms. The molecule has 1 aromatic carbocycles. The molecule has 0 radical (unpaired) electrons. The SMILES string of the molecule is CC=C1C[N+]2(CC)CCC34C(=C(C=O)[C@H]1C[C@@H]32)Nc1ccccc14. The van der Waals surface area contributed by atoms with Gasteiger partial charge >= 0.3 is 0 Å². The van der Waals surface area contributed by atoms with Crippen molar-refractivity contribution in [2.24, 2.45) is 5.92 Å². The number of nitrogens with one attached hydrogen (secondary N) is 1. The number of allylic oxidation sites excluding steroid dienone is 2. The van der Waals surface area contributed by atoms with Crippen LogP contribution in [0.4, 0.5) is 5.69 Å². The molecule has 2 saturated heterocycles. The van der Waals surface area contributed by atoms with Crippen molar-refractivity contribution in [1.82, 2.24) is 0 Å². The Kier molecular flexibility index (Phi) is 2.78. The third kappa shape index (κ3) is 1.42. The number of benzene rings is 1. The molecule has 0 aromatic heterocycles. The number of piperidine rings is 1. The van der Waals surface area contributed by atoms with Crippen LogP contribution in [0.15, 0.2) is 47.2 Å². The van der Waals surface area contributed by atoms with Crippen LogP contribution in [0.1, 0.15) is 32.3 Å². The Morgan fingerprint density at radius 1 is 1.38 bits per heavy atom. The van der Waals surface area contributed by atoms with E-state index in [9.17, 15) is 4.79 Å². The smallest absolute Gasteiger partial charge is 0.148 e. The fraction of sp³-hybridized carbons (Fsp3) is 0.476. The highest BCUT2D eigenvalue weighted by Gasteiger charge is 2.67. The minimum absolute atomic E-state index is 0.0403. The number of rotatable bonds is 2. The van der Waals surface area contributed by atoms with E-state index in [4.69, 9.17) is 0 Å². The third-order valence-corrected chi connectivity index (χ3v) is 7.49. The standard InChI is InChI=1S/C21H24N2O/c1-3-14-12-23(4-2)10-9-21-17-7-5-6-8-18(17)22-20(21)16(13-24)15(14)11-19(21)23/h3,5-8,13,15,19H,4,9-12H2,1-2H3/p+1/t15-,19-,21?,23?/m0/s1. The van der Waals surface area contributed by atoms with Crippen molar-refractivity contribution in [3.8, 4) is 0 Å². The third-order valence-electron chi connectivity index (χ3n) is 7.49. The minimum atomic E-state index is 0.0403. The summed E-state index contributed by atoms with van der Waals surface area (Å²) in [6.45, 7) is 8.01. The summed E-state index contributed by atoms with van der Waals surface area (Å²) < 4.78 is 1.20. The van der Waals surface area contributed by atoms with Gasteiger partial charge in [-0.25, -0.2) is 0 Å². The molecule has 1 aromatic rings. The molecule has 5 rings (SSSR count). The number of likely N-dealkylation sites (N-methyl/N-ethyl adjacent to an activating group) is 1. The number of aldehydes is 1. The maximum Gasteiger partial charge on any atom is 0.148 e. The van der Waals surface area contributed by atoms with Gasteiger partial charge in [0.05, 0.1) is 18.5 Å². The molecule has 1 spiro atoms. The number of nitrogens with zero attached hydrogens (tertiary/aromatic N) is 1. The van der Waals surface area contributed by atoms with Crippen LogP contribution in [-0.2, 0) is 10.2 Å². The summed E-state index contributed by atoms with van der Waals surface area (Å²) in [4.78, 5) is 12.1. The topological polar surface area (TPSA) is 29.1 Å². The molecule has 0 saturated carbocycles. The number of carbonyl (C=O) groups is 1. The van der Waals surface area contributed by atoms with E-state index in [1.54, 1.807) is 0 Å². The zero-order chi connectivity index (χ0) is 16.5. The van der Waals surface area contributed by atoms with Gasteiger partial charge < -0.3 is 9.80 Å². The maximum absolute atomic E-state index is 12.1. The molecule has 3 aliphatic heterocycles. The highest BCUT2D eigenvalue weighted by atomic mass is 16.1. The molecule has 0 amide bonds. The zero-order valence-electron chi connectivity index (χ0n) is 14.5. The molecule has 1 N–H and O–H groups in total. The second-order valence-electron chi connectivity index (χ2n) is 7.92. The molecule has 1 aliphatic carbocycles. The lowest BCUT2D eigenvalue weighted by Crippen LogP contribution is -2.63. The molecular formula is C21H25N2O+. The number of quaternary nitrogens is 1. The van der Waals surface area contributed by atoms with Crippen LogP contribution in [0.5, 0.6) is 0 Å². The van der Waals surface area contributed by atoms with Gasteiger partial charge in [-0.05, 0) is 31.1 Å². The fourth-order valence-electron chi connectivity index (χ4n) is 6.37. The van der Waals surface area contributed by atoms with Gasteiger partial charge in [0.25, 0.3) is 0 Å². The average Bonchev–Trinajstić information content (AvgIpc) is 3.15. The molecular weight excluding hydrogens is 296 g/mol. The van der Waals surface area contributed by atoms with Crippen LogP contribution in [0, 0.1) is 5.92 Å². The highest BCUT2D eigenvalue weighted by molar-refractivity contribution is 5.84. The summed E-state index contributed by atoms with van der Waals surface area (Å²) in [6.07, 6.45) is 5.70. The lowest BCUT2D eigenvalue weighted by molar-refractivity contribution is -0.940. The van der Waals surface area contributed by atoms with Crippen LogP contribution in [0.2, 0.25) is 0 Å². The highest BCUT2D eigenvalue weighted by Crippen LogP contribution is 2.63. The minimum Gasteiger partial charge on any atom is -0.357 e. The molecule has 24 heavy (non-hydrogen) atoms. The zero-order valence-corrected chi connectivity index (χ0v) is 14.5. The van der Waals surface area contributed by atoms with Gasteiger partial charge in [-0.1, -0.05) is 24.3 Å². The summed E-state index contributed by atoms with van der Waals surface area (Å²) in [5, 5.41) is 3.68. The van der Waals surface area contributed by atoms with Gasteiger partial charge in [-0.3, -0.25) is 4.79 Å². The quantitative estimate of drug-likeness (QED) is 0.514. The second kappa shape index (κ2) is 4.60. The van der Waals surface area contributed by atoms with Gasteiger partial charge in [-0.15, -0.1) is 0 Å². The van der Waals surface area contributed by atoms with E-state index in [2.05, 4.69) is 49.5 Å². The normalized spacial score (nSPS) is 40.3. The van der Waals surface area contributed by atoms with Crippen LogP contribution < -0.4 is 5.32 Å². The van der Waals surface area contributed by atoms with Crippen molar-refractivity contribution in [3.05, 3.63) is 52.7 Å². The molecule has 3 heteroatoms. The monoisotopic (exact) mass is 321 g/mol. The average molecular weight is 321 g/mol. The van der Waals surface area contributed by atoms with E-state index in [-0.39, 0.29) is 5.41 Å². The summed E-state index contributed by atoms with van der Waals surface area (Å²) in [5.41, 5.74) is 6.41. The maximum atomic E-state index is 12.1. The Hall–Kier alpha value is -1.87. The van der Waals surface area contributed by atoms with Crippen molar-refractivity contribution < 1.29 is 9.28 Å². The van der Waals surface area contributed by atoms with Crippen molar-refractivity contribution >= 4 is 12.0 Å². The van der Waals surface area contributed by atoms with E-state index in [0.717, 1.165) is 31.2 Å². The molecule has 4 atom stereocenters. The number of hydrogen-bond acceptors (Lipinski definition) is 2. The van der Waals surface area contributed by atoms with Crippen molar-refractivity contribution in [2.75, 3.05) is 25.0 Å². The van der Waals surface area contributed by atoms with Gasteiger partial charge in [0.1, 0.15) is 18.9 Å². The summed E-state index contributed by atoms with van der Waals surface area (Å²) in [7, 11) is 0. The first-order valence-corrected chi connectivity index (χ1v) is 9.27. The van der Waals surface area contributed by atoms with Crippen molar-refractivity contribution in [1.29, 1.82) is 0 Å². The van der Waals surface area contributed by atoms with Crippen LogP contribution in [0.25, 0.3) is 0 Å². The van der Waals surface area contributed by atoms with E-state index < -0.39 is 0 Å². The summed E-state index contributed by atoms with van der Waals surface area (Å²) >= 11 is 0. The number of fused-ring (bicyclic) bond motifs is 2. The van der Waals surface area contributed by atoms with E-state index >= 15 is 0 Å². The van der Waals surface area contributed by atoms with Crippen LogP contribution >= 0.6 is 0 Å². The Morgan fingerprint density at radius 2 is 2.21 bits per heavy atom. The van der Waals surface area contributed by atoms with Crippen LogP contribution in [-0.4, -0.2) is 36.4 Å². The number of hydrogen-bond donors (Lipinski definition) is 1. The second-order valence-corrected chi connectivity index (χ2v) is 7.92. The Balaban J connectivity index is 1.84. The number of anilines is 1. The first kappa shape index (κ1) is 14.5. The Bertz CT molecular complexity index is 808. The van der Waals surface area contributed by atoms with Gasteiger partial charge in [0, 0.05) is 35.7 Å². The first-order chi connectivity index (χ1) is 11.7. The van der Waals surface area contributed by atoms with Gasteiger partial charge in [0.15, 0.2) is 0 Å². The Labute approximate surface area is 143 Å². The lowest BCUT2D eigenvalue weighted by Gasteiger charge is -2.53. The van der Waals surface area contributed by atoms with Gasteiger partial charge in [0.2, 0.25) is 0 Å². The number of para-hydroxylation sites is 1. The van der Waals surface area contributed by atoms with Crippen molar-refractivity contribution in [3.63, 3.8) is 0 Å². The van der Waals surface area contributed by atoms with E-state index in [1.807, 2.05) is 0 Å². The summed E-state index contributed by atoms with van der Waals surface area (Å²) in [5.74, 6) is 0.318. The summed E-state index contributed by atoms with van der Waals surface area (Å²) in [6, 6.07) is 9.33. The molecule has 3 heterocycles. The van der Waals surface area contributed by atoms with E-state index in [1.165, 1.54) is 40.1 Å².